The van der Waals surface area contributed by atoms with Gasteiger partial charge < -0.3 is 19.6 Å². The maximum absolute atomic E-state index is 15.2. The number of allylic oxidation sites excluding steroid dienone is 1. The molecule has 3 aromatic rings. The van der Waals surface area contributed by atoms with Gasteiger partial charge in [-0.1, -0.05) is 38.4 Å². The maximum atomic E-state index is 15.2. The van der Waals surface area contributed by atoms with E-state index in [1.54, 1.807) is 12.1 Å². The van der Waals surface area contributed by atoms with Crippen LogP contribution in [0.15, 0.2) is 40.6 Å². The fourth-order valence-corrected chi connectivity index (χ4v) is 3.14. The van der Waals surface area contributed by atoms with Crippen LogP contribution in [0.25, 0.3) is 5.57 Å². The predicted octanol–water partition coefficient (Wildman–Crippen LogP) is 6.14. The first-order chi connectivity index (χ1) is 15.9. The number of benzene rings is 2. The first-order valence-electron chi connectivity index (χ1n) is 10.4. The van der Waals surface area contributed by atoms with Crippen molar-refractivity contribution < 1.29 is 18.3 Å². The van der Waals surface area contributed by atoms with Gasteiger partial charge in [-0.15, -0.1) is 10.2 Å². The minimum absolute atomic E-state index is 0.0213. The summed E-state index contributed by atoms with van der Waals surface area (Å²) in [5.74, 6) is 0.0928. The molecule has 2 aromatic carbocycles. The van der Waals surface area contributed by atoms with Crippen LogP contribution in [0.5, 0.6) is 11.5 Å². The summed E-state index contributed by atoms with van der Waals surface area (Å²) in [6.45, 7) is 7.68. The van der Waals surface area contributed by atoms with Crippen molar-refractivity contribution in [2.45, 2.75) is 40.5 Å². The van der Waals surface area contributed by atoms with Gasteiger partial charge in [-0.25, -0.2) is 4.39 Å². The largest absolute Gasteiger partial charge is 0.482 e. The van der Waals surface area contributed by atoms with E-state index >= 15 is 4.39 Å². The summed E-state index contributed by atoms with van der Waals surface area (Å²) < 4.78 is 31.5. The van der Waals surface area contributed by atoms with Crippen molar-refractivity contribution in [3.63, 3.8) is 0 Å². The van der Waals surface area contributed by atoms with Crippen LogP contribution >= 0.6 is 11.6 Å². The number of hydrogen-bond acceptors (Lipinski definition) is 7. The van der Waals surface area contributed by atoms with Gasteiger partial charge in [0.25, 0.3) is 0 Å². The number of nitrogens with two attached hydrogens (primary N) is 1. The van der Waals surface area contributed by atoms with Crippen molar-refractivity contribution in [3.8, 4) is 17.6 Å². The van der Waals surface area contributed by atoms with Gasteiger partial charge in [0.1, 0.15) is 5.75 Å². The maximum Gasteiger partial charge on any atom is 0.249 e. The van der Waals surface area contributed by atoms with E-state index in [0.717, 1.165) is 5.56 Å². The van der Waals surface area contributed by atoms with E-state index in [4.69, 9.17) is 36.5 Å². The Morgan fingerprint density at radius 2 is 1.97 bits per heavy atom. The van der Waals surface area contributed by atoms with Crippen LogP contribution in [0.3, 0.4) is 0 Å². The van der Waals surface area contributed by atoms with Gasteiger partial charge in [-0.2, -0.15) is 5.26 Å². The van der Waals surface area contributed by atoms with E-state index < -0.39 is 5.82 Å². The lowest BCUT2D eigenvalue weighted by atomic mass is 10.1. The molecule has 0 aliphatic carbocycles. The monoisotopic (exact) mass is 472 g/mol. The molecule has 0 unspecified atom stereocenters. The molecule has 9 heteroatoms. The Morgan fingerprint density at radius 3 is 2.61 bits per heavy atom. The number of aromatic nitrogens is 2. The molecule has 1 heterocycles. The molecule has 0 aliphatic rings. The Bertz CT molecular complexity index is 1180. The molecule has 2 N–H and O–H groups in total. The molecule has 0 atom stereocenters. The number of rotatable bonds is 7. The Hall–Kier alpha value is -3.57. The fraction of sp³-hybridized carbons (Fsp3) is 0.292. The summed E-state index contributed by atoms with van der Waals surface area (Å²) in [7, 11) is 1.45. The summed E-state index contributed by atoms with van der Waals surface area (Å²) in [6.07, 6.45) is 0.545. The SMILES string of the molecule is CC.CC/C(=C(/N)OC)c1nnc(Cc2ccc(Cl)c(Oc3cc(C)cc(C#N)c3)c2F)o1. The minimum atomic E-state index is -0.657. The number of methoxy groups -OCH3 is 1. The molecule has 0 amide bonds. The number of halogens is 2. The molecule has 0 spiro atoms. The van der Waals surface area contributed by atoms with E-state index in [-0.39, 0.29) is 40.4 Å². The standard InChI is InChI=1S/C22H20ClFN4O3.C2H6/c1-4-16(21(26)29-3)22-28-27-18(31-22)10-14-5-6-17(23)20(19(14)24)30-15-8-12(2)7-13(9-15)11-25;1-2/h5-9H,4,10,26H2,1-3H3;1-2H3/b21-16+;. The molecule has 3 rings (SSSR count). The summed E-state index contributed by atoms with van der Waals surface area (Å²) in [6, 6.07) is 9.98. The van der Waals surface area contributed by atoms with Crippen LogP contribution in [0.2, 0.25) is 5.02 Å². The molecule has 7 nitrogen and oxygen atoms in total. The summed E-state index contributed by atoms with van der Waals surface area (Å²) >= 11 is 6.17. The minimum Gasteiger partial charge on any atom is -0.482 e. The number of nitriles is 1. The third-order valence-corrected chi connectivity index (χ3v) is 4.76. The summed E-state index contributed by atoms with van der Waals surface area (Å²) in [5, 5.41) is 17.2. The van der Waals surface area contributed by atoms with Crippen molar-refractivity contribution in [1.29, 1.82) is 5.26 Å². The zero-order valence-electron chi connectivity index (χ0n) is 19.2. The molecule has 0 radical (unpaired) electrons. The third kappa shape index (κ3) is 6.24. The lowest BCUT2D eigenvalue weighted by Gasteiger charge is -2.12. The smallest absolute Gasteiger partial charge is 0.249 e. The zero-order valence-corrected chi connectivity index (χ0v) is 20.0. The van der Waals surface area contributed by atoms with E-state index in [9.17, 15) is 0 Å². The van der Waals surface area contributed by atoms with Crippen molar-refractivity contribution in [1.82, 2.24) is 10.2 Å². The van der Waals surface area contributed by atoms with Gasteiger partial charge in [0.2, 0.25) is 11.8 Å². The summed E-state index contributed by atoms with van der Waals surface area (Å²) in [4.78, 5) is 0. The molecule has 1 aromatic heterocycles. The van der Waals surface area contributed by atoms with E-state index in [2.05, 4.69) is 10.2 Å². The van der Waals surface area contributed by atoms with Crippen LogP contribution in [0.1, 0.15) is 55.7 Å². The molecular weight excluding hydrogens is 447 g/mol. The Morgan fingerprint density at radius 1 is 1.24 bits per heavy atom. The second-order valence-electron chi connectivity index (χ2n) is 6.68. The first kappa shape index (κ1) is 25.7. The van der Waals surface area contributed by atoms with E-state index in [1.165, 1.54) is 25.3 Å². The van der Waals surface area contributed by atoms with Crippen LogP contribution in [-0.4, -0.2) is 17.3 Å². The second kappa shape index (κ2) is 11.9. The number of nitrogens with zero attached hydrogens (tertiary/aromatic N) is 3. The lowest BCUT2D eigenvalue weighted by Crippen LogP contribution is -2.04. The average Bonchev–Trinajstić information content (AvgIpc) is 3.27. The molecule has 174 valence electrons. The number of ether oxygens (including phenoxy) is 2. The van der Waals surface area contributed by atoms with Crippen LogP contribution in [0.4, 0.5) is 4.39 Å². The Balaban J connectivity index is 0.00000187. The topological polar surface area (TPSA) is 107 Å². The van der Waals surface area contributed by atoms with Gasteiger partial charge in [0, 0.05) is 5.56 Å². The highest BCUT2D eigenvalue weighted by molar-refractivity contribution is 6.32. The van der Waals surface area contributed by atoms with E-state index in [0.29, 0.717) is 23.3 Å². The molecule has 0 aliphatic heterocycles. The van der Waals surface area contributed by atoms with Crippen molar-refractivity contribution >= 4 is 17.2 Å². The lowest BCUT2D eigenvalue weighted by molar-refractivity contribution is 0.287. The van der Waals surface area contributed by atoms with E-state index in [1.807, 2.05) is 33.8 Å². The first-order valence-corrected chi connectivity index (χ1v) is 10.8. The number of hydrogen-bond donors (Lipinski definition) is 1. The van der Waals surface area contributed by atoms with Gasteiger partial charge in [-0.05, 0) is 43.2 Å². The molecule has 0 bridgehead atoms. The molecular formula is C24H26ClFN4O3. The van der Waals surface area contributed by atoms with Crippen LogP contribution < -0.4 is 10.5 Å². The average molecular weight is 473 g/mol. The van der Waals surface area contributed by atoms with Gasteiger partial charge >= 0.3 is 0 Å². The zero-order chi connectivity index (χ0) is 24.5. The molecule has 33 heavy (non-hydrogen) atoms. The van der Waals surface area contributed by atoms with Gasteiger partial charge in [0.15, 0.2) is 17.4 Å². The summed E-state index contributed by atoms with van der Waals surface area (Å²) in [5.41, 5.74) is 7.82. The quantitative estimate of drug-likeness (QED) is 0.411. The molecule has 0 fully saturated rings. The highest BCUT2D eigenvalue weighted by Gasteiger charge is 2.19. The Labute approximate surface area is 197 Å². The third-order valence-electron chi connectivity index (χ3n) is 4.47. The van der Waals surface area contributed by atoms with Gasteiger partial charge in [-0.3, -0.25) is 0 Å². The predicted molar refractivity (Wildman–Crippen MR) is 124 cm³/mol. The highest BCUT2D eigenvalue weighted by Crippen LogP contribution is 2.35. The Kier molecular flexibility index (Phi) is 9.25. The van der Waals surface area contributed by atoms with Crippen LogP contribution in [0, 0.1) is 24.1 Å². The normalized spacial score (nSPS) is 11.1. The van der Waals surface area contributed by atoms with Crippen molar-refractivity contribution in [3.05, 3.63) is 75.5 Å². The molecule has 0 saturated carbocycles. The van der Waals surface area contributed by atoms with Crippen molar-refractivity contribution in [2.24, 2.45) is 5.73 Å². The highest BCUT2D eigenvalue weighted by atomic mass is 35.5. The number of aryl methyl sites for hydroxylation is 1. The molecule has 0 saturated heterocycles. The fourth-order valence-electron chi connectivity index (χ4n) is 2.96. The second-order valence-corrected chi connectivity index (χ2v) is 7.08. The van der Waals surface area contributed by atoms with Gasteiger partial charge in [0.05, 0.1) is 35.8 Å². The van der Waals surface area contributed by atoms with Crippen LogP contribution in [-0.2, 0) is 11.2 Å². The van der Waals surface area contributed by atoms with Crippen molar-refractivity contribution in [2.75, 3.05) is 7.11 Å².